The molecule has 0 saturated heterocycles. The van der Waals surface area contributed by atoms with Crippen molar-refractivity contribution in [3.63, 3.8) is 0 Å². The van der Waals surface area contributed by atoms with Crippen molar-refractivity contribution in [3.8, 4) is 0 Å². The van der Waals surface area contributed by atoms with Crippen LogP contribution in [0.2, 0.25) is 0 Å². The first kappa shape index (κ1) is 28.9. The van der Waals surface area contributed by atoms with Gasteiger partial charge in [0, 0.05) is 37.7 Å². The molecule has 0 radical (unpaired) electrons. The maximum absolute atomic E-state index is 11.9. The van der Waals surface area contributed by atoms with Crippen molar-refractivity contribution in [3.05, 3.63) is 77.4 Å². The molecule has 0 heterocycles. The lowest BCUT2D eigenvalue weighted by atomic mass is 9.82. The molecule has 1 saturated carbocycles. The fourth-order valence-electron chi connectivity index (χ4n) is 5.73. The molecule has 0 aromatic heterocycles. The van der Waals surface area contributed by atoms with Crippen LogP contribution in [0.3, 0.4) is 0 Å². The fraction of sp³-hybridized carbons (Fsp3) is 0.515. The van der Waals surface area contributed by atoms with Gasteiger partial charge >= 0.3 is 0 Å². The van der Waals surface area contributed by atoms with Crippen molar-refractivity contribution in [1.82, 2.24) is 9.80 Å². The number of aliphatic imine (C=N–C) groups is 1. The summed E-state index contributed by atoms with van der Waals surface area (Å²) in [6, 6.07) is 19.6. The van der Waals surface area contributed by atoms with Crippen LogP contribution in [-0.2, 0) is 11.3 Å². The van der Waals surface area contributed by atoms with Crippen LogP contribution >= 0.6 is 0 Å². The molecule has 2 aromatic carbocycles. The number of likely N-dealkylation sites (N-methyl/N-ethyl adjacent to an activating group) is 1. The normalized spacial score (nSPS) is 17.5. The SMILES string of the molecule is CN(C)CCN(Cc1ccccc1)/C(=N\C1CCCCC1)Nc1ccc(C(CC(N)=O)C2=CCCCC2)cc1. The summed E-state index contributed by atoms with van der Waals surface area (Å²) in [5.74, 6) is 0.777. The second-order valence-electron chi connectivity index (χ2n) is 11.4. The molecule has 4 rings (SSSR count). The lowest BCUT2D eigenvalue weighted by Gasteiger charge is -2.30. The van der Waals surface area contributed by atoms with Gasteiger partial charge in [-0.25, -0.2) is 4.99 Å². The third kappa shape index (κ3) is 9.24. The molecule has 6 nitrogen and oxygen atoms in total. The Kier molecular flexibility index (Phi) is 11.0. The van der Waals surface area contributed by atoms with Gasteiger partial charge in [0.05, 0.1) is 6.04 Å². The summed E-state index contributed by atoms with van der Waals surface area (Å²) in [7, 11) is 4.24. The first-order valence-corrected chi connectivity index (χ1v) is 14.8. The van der Waals surface area contributed by atoms with E-state index in [0.717, 1.165) is 62.5 Å². The Morgan fingerprint density at radius 1 is 0.974 bits per heavy atom. The Hall–Kier alpha value is -3.12. The second-order valence-corrected chi connectivity index (χ2v) is 11.4. The van der Waals surface area contributed by atoms with Gasteiger partial charge in [0.2, 0.25) is 5.91 Å². The lowest BCUT2D eigenvalue weighted by Crippen LogP contribution is -2.41. The van der Waals surface area contributed by atoms with Crippen molar-refractivity contribution >= 4 is 17.6 Å². The number of amides is 1. The van der Waals surface area contributed by atoms with Crippen LogP contribution < -0.4 is 11.1 Å². The van der Waals surface area contributed by atoms with Gasteiger partial charge in [-0.15, -0.1) is 0 Å². The van der Waals surface area contributed by atoms with E-state index in [-0.39, 0.29) is 11.8 Å². The van der Waals surface area contributed by atoms with E-state index in [2.05, 4.69) is 89.9 Å². The average molecular weight is 530 g/mol. The van der Waals surface area contributed by atoms with Crippen LogP contribution in [0.1, 0.15) is 81.3 Å². The monoisotopic (exact) mass is 529 g/mol. The van der Waals surface area contributed by atoms with Gasteiger partial charge in [0.25, 0.3) is 0 Å². The Morgan fingerprint density at radius 2 is 1.72 bits per heavy atom. The van der Waals surface area contributed by atoms with Crippen LogP contribution in [0.25, 0.3) is 0 Å². The number of carbonyl (C=O) groups excluding carboxylic acids is 1. The fourth-order valence-corrected chi connectivity index (χ4v) is 5.73. The van der Waals surface area contributed by atoms with E-state index in [4.69, 9.17) is 10.7 Å². The third-order valence-corrected chi connectivity index (χ3v) is 7.96. The van der Waals surface area contributed by atoms with E-state index in [1.807, 2.05) is 0 Å². The average Bonchev–Trinajstić information content (AvgIpc) is 2.95. The van der Waals surface area contributed by atoms with Gasteiger partial charge in [-0.05, 0) is 75.9 Å². The molecule has 210 valence electrons. The molecule has 6 heteroatoms. The molecule has 1 fully saturated rings. The van der Waals surface area contributed by atoms with Gasteiger partial charge in [0.15, 0.2) is 5.96 Å². The van der Waals surface area contributed by atoms with Crippen LogP contribution in [0, 0.1) is 0 Å². The number of hydrogen-bond donors (Lipinski definition) is 2. The van der Waals surface area contributed by atoms with Crippen molar-refractivity contribution in [2.75, 3.05) is 32.5 Å². The van der Waals surface area contributed by atoms with Gasteiger partial charge in [-0.2, -0.15) is 0 Å². The summed E-state index contributed by atoms with van der Waals surface area (Å²) < 4.78 is 0. The molecular weight excluding hydrogens is 482 g/mol. The van der Waals surface area contributed by atoms with E-state index in [0.29, 0.717) is 12.5 Å². The number of hydrogen-bond acceptors (Lipinski definition) is 3. The standard InChI is InChI=1S/C33H47N5O/c1-37(2)22-23-38(25-26-12-6-3-7-13-26)33(35-29-16-10-5-11-17-29)36-30-20-18-28(19-21-30)31(24-32(34)39)27-14-8-4-9-15-27/h3,6-7,12-14,18-21,29,31H,4-5,8-11,15-17,22-25H2,1-2H3,(H2,34,39)(H,35,36). The summed E-state index contributed by atoms with van der Waals surface area (Å²) >= 11 is 0. The zero-order valence-electron chi connectivity index (χ0n) is 23.9. The van der Waals surface area contributed by atoms with E-state index < -0.39 is 0 Å². The van der Waals surface area contributed by atoms with Crippen LogP contribution in [0.15, 0.2) is 71.2 Å². The number of carbonyl (C=O) groups is 1. The number of nitrogens with one attached hydrogen (secondary N) is 1. The molecule has 0 bridgehead atoms. The van der Waals surface area contributed by atoms with Gasteiger partial charge < -0.3 is 20.9 Å². The van der Waals surface area contributed by atoms with Crippen LogP contribution in [-0.4, -0.2) is 54.9 Å². The minimum atomic E-state index is -0.243. The Morgan fingerprint density at radius 3 is 2.36 bits per heavy atom. The number of nitrogens with two attached hydrogens (primary N) is 1. The zero-order valence-corrected chi connectivity index (χ0v) is 23.9. The maximum Gasteiger partial charge on any atom is 0.218 e. The number of anilines is 1. The summed E-state index contributed by atoms with van der Waals surface area (Å²) in [6.07, 6.45) is 13.4. The largest absolute Gasteiger partial charge is 0.370 e. The predicted octanol–water partition coefficient (Wildman–Crippen LogP) is 6.31. The Labute approximate surface area is 235 Å². The molecular formula is C33H47N5O. The number of nitrogens with zero attached hydrogens (tertiary/aromatic N) is 3. The van der Waals surface area contributed by atoms with Gasteiger partial charge in [-0.1, -0.05) is 73.4 Å². The number of rotatable bonds is 11. The predicted molar refractivity (Wildman–Crippen MR) is 163 cm³/mol. The zero-order chi connectivity index (χ0) is 27.5. The molecule has 39 heavy (non-hydrogen) atoms. The molecule has 0 aliphatic heterocycles. The first-order valence-electron chi connectivity index (χ1n) is 14.8. The molecule has 2 aromatic rings. The molecule has 2 aliphatic carbocycles. The van der Waals surface area contributed by atoms with Crippen LogP contribution in [0.4, 0.5) is 5.69 Å². The number of primary amides is 1. The van der Waals surface area contributed by atoms with Gasteiger partial charge in [0.1, 0.15) is 0 Å². The number of guanidine groups is 1. The quantitative estimate of drug-likeness (QED) is 0.203. The highest BCUT2D eigenvalue weighted by Gasteiger charge is 2.22. The van der Waals surface area contributed by atoms with E-state index in [1.165, 1.54) is 43.2 Å². The summed E-state index contributed by atoms with van der Waals surface area (Å²) in [5, 5.41) is 3.71. The van der Waals surface area contributed by atoms with Crippen molar-refractivity contribution in [1.29, 1.82) is 0 Å². The Bertz CT molecular complexity index is 1090. The summed E-state index contributed by atoms with van der Waals surface area (Å²) in [5.41, 5.74) is 10.5. The highest BCUT2D eigenvalue weighted by Crippen LogP contribution is 2.34. The molecule has 2 aliphatic rings. The van der Waals surface area contributed by atoms with Crippen molar-refractivity contribution < 1.29 is 4.79 Å². The topological polar surface area (TPSA) is 74.0 Å². The van der Waals surface area contributed by atoms with Crippen molar-refractivity contribution in [2.24, 2.45) is 10.7 Å². The molecule has 0 spiro atoms. The van der Waals surface area contributed by atoms with E-state index in [9.17, 15) is 4.79 Å². The molecule has 1 atom stereocenters. The highest BCUT2D eigenvalue weighted by molar-refractivity contribution is 5.94. The van der Waals surface area contributed by atoms with Crippen LogP contribution in [0.5, 0.6) is 0 Å². The van der Waals surface area contributed by atoms with E-state index in [1.54, 1.807) is 0 Å². The lowest BCUT2D eigenvalue weighted by molar-refractivity contribution is -0.118. The first-order chi connectivity index (χ1) is 19.0. The molecule has 3 N–H and O–H groups in total. The molecule has 1 amide bonds. The summed E-state index contributed by atoms with van der Waals surface area (Å²) in [6.45, 7) is 2.63. The minimum Gasteiger partial charge on any atom is -0.370 e. The molecule has 1 unspecified atom stereocenters. The maximum atomic E-state index is 11.9. The smallest absolute Gasteiger partial charge is 0.218 e. The van der Waals surface area contributed by atoms with Gasteiger partial charge in [-0.3, -0.25) is 4.79 Å². The highest BCUT2D eigenvalue weighted by atomic mass is 16.1. The minimum absolute atomic E-state index is 0.0712. The third-order valence-electron chi connectivity index (χ3n) is 7.96. The second kappa shape index (κ2) is 14.9. The van der Waals surface area contributed by atoms with Crippen molar-refractivity contribution in [2.45, 2.75) is 82.7 Å². The Balaban J connectivity index is 1.59. The summed E-state index contributed by atoms with van der Waals surface area (Å²) in [4.78, 5) is 21.9. The number of benzene rings is 2. The number of allylic oxidation sites excluding steroid dienone is 2. The van der Waals surface area contributed by atoms with E-state index >= 15 is 0 Å².